The summed E-state index contributed by atoms with van der Waals surface area (Å²) >= 11 is 0. The Hall–Kier alpha value is -2.43. The summed E-state index contributed by atoms with van der Waals surface area (Å²) in [6.07, 6.45) is 3.33. The van der Waals surface area contributed by atoms with Gasteiger partial charge >= 0.3 is 0 Å². The second kappa shape index (κ2) is 6.14. The van der Waals surface area contributed by atoms with Gasteiger partial charge < -0.3 is 9.88 Å². The van der Waals surface area contributed by atoms with Crippen LogP contribution in [0.5, 0.6) is 0 Å². The van der Waals surface area contributed by atoms with Crippen LogP contribution in [0.2, 0.25) is 0 Å². The molecule has 1 unspecified atom stereocenters. The molecule has 1 amide bonds. The van der Waals surface area contributed by atoms with Crippen molar-refractivity contribution in [1.82, 2.24) is 14.9 Å². The van der Waals surface area contributed by atoms with E-state index < -0.39 is 0 Å². The van der Waals surface area contributed by atoms with Gasteiger partial charge in [0.1, 0.15) is 5.82 Å². The highest BCUT2D eigenvalue weighted by Crippen LogP contribution is 2.09. The third kappa shape index (κ3) is 3.32. The molecule has 0 fully saturated rings. The number of amides is 1. The molecule has 5 nitrogen and oxygen atoms in total. The number of ketones is 1. The summed E-state index contributed by atoms with van der Waals surface area (Å²) in [7, 11) is 1.86. The maximum Gasteiger partial charge on any atom is 0.228 e. The molecule has 0 saturated carbocycles. The van der Waals surface area contributed by atoms with Crippen molar-refractivity contribution in [2.45, 2.75) is 19.4 Å². The fourth-order valence-electron chi connectivity index (χ4n) is 2.02. The van der Waals surface area contributed by atoms with Crippen LogP contribution in [0.25, 0.3) is 0 Å². The molecule has 0 radical (unpaired) electrons. The van der Waals surface area contributed by atoms with Gasteiger partial charge in [0, 0.05) is 25.0 Å². The van der Waals surface area contributed by atoms with Crippen LogP contribution in [-0.4, -0.2) is 21.2 Å². The number of carbonyl (C=O) groups is 2. The van der Waals surface area contributed by atoms with Gasteiger partial charge in [-0.25, -0.2) is 4.98 Å². The van der Waals surface area contributed by atoms with Gasteiger partial charge in [0.2, 0.25) is 5.91 Å². The molecule has 1 aromatic carbocycles. The molecule has 0 bridgehead atoms. The summed E-state index contributed by atoms with van der Waals surface area (Å²) in [5.41, 5.74) is 0.548. The number of nitrogens with zero attached hydrogens (tertiary/aromatic N) is 2. The molecule has 0 aliphatic heterocycles. The minimum Gasteiger partial charge on any atom is -0.346 e. The minimum atomic E-state index is -0.297. The Morgan fingerprint density at radius 3 is 2.60 bits per heavy atom. The molecule has 0 spiro atoms. The molecular weight excluding hydrogens is 254 g/mol. The zero-order chi connectivity index (χ0) is 14.5. The van der Waals surface area contributed by atoms with Crippen LogP contribution in [0.15, 0.2) is 42.7 Å². The number of rotatable bonds is 5. The predicted molar refractivity (Wildman–Crippen MR) is 75.2 cm³/mol. The third-order valence-corrected chi connectivity index (χ3v) is 3.04. The molecule has 1 atom stereocenters. The molecule has 20 heavy (non-hydrogen) atoms. The largest absolute Gasteiger partial charge is 0.346 e. The fraction of sp³-hybridized carbons (Fsp3) is 0.267. The highest BCUT2D eigenvalue weighted by molar-refractivity contribution is 6.07. The maximum atomic E-state index is 11.9. The SMILES string of the molecule is CC(NC(=O)CC(=O)c1ccccc1)c1nccn1C. The standard InChI is InChI=1S/C15H17N3O2/c1-11(15-16-8-9-18(15)2)17-14(20)10-13(19)12-6-4-3-5-7-12/h3-9,11H,10H2,1-2H3,(H,17,20). The Kier molecular flexibility index (Phi) is 4.30. The lowest BCUT2D eigenvalue weighted by molar-refractivity contribution is -0.120. The molecule has 0 aliphatic rings. The van der Waals surface area contributed by atoms with Crippen molar-refractivity contribution in [3.05, 3.63) is 54.1 Å². The van der Waals surface area contributed by atoms with Crippen molar-refractivity contribution in [2.24, 2.45) is 7.05 Å². The summed E-state index contributed by atoms with van der Waals surface area (Å²) in [6.45, 7) is 1.84. The second-order valence-electron chi connectivity index (χ2n) is 4.65. The Morgan fingerprint density at radius 2 is 2.00 bits per heavy atom. The van der Waals surface area contributed by atoms with Crippen molar-refractivity contribution < 1.29 is 9.59 Å². The number of Topliss-reactive ketones (excluding diaryl/α,β-unsaturated/α-hetero) is 1. The van der Waals surface area contributed by atoms with Gasteiger partial charge in [-0.05, 0) is 6.92 Å². The van der Waals surface area contributed by atoms with Crippen molar-refractivity contribution in [1.29, 1.82) is 0 Å². The predicted octanol–water partition coefficient (Wildman–Crippen LogP) is 1.87. The summed E-state index contributed by atoms with van der Waals surface area (Å²) in [4.78, 5) is 28.0. The van der Waals surface area contributed by atoms with Gasteiger partial charge in [-0.2, -0.15) is 0 Å². The Balaban J connectivity index is 1.93. The molecule has 0 saturated heterocycles. The minimum absolute atomic E-state index is 0.154. The Labute approximate surface area is 117 Å². The van der Waals surface area contributed by atoms with Gasteiger partial charge in [-0.3, -0.25) is 9.59 Å². The van der Waals surface area contributed by atoms with Crippen LogP contribution in [0, 0.1) is 0 Å². The molecule has 1 aromatic heterocycles. The number of nitrogens with one attached hydrogen (secondary N) is 1. The molecule has 1 N–H and O–H groups in total. The first kappa shape index (κ1) is 14.0. The second-order valence-corrected chi connectivity index (χ2v) is 4.65. The van der Waals surface area contributed by atoms with E-state index in [0.717, 1.165) is 5.82 Å². The number of carbonyl (C=O) groups excluding carboxylic acids is 2. The van der Waals surface area contributed by atoms with E-state index in [1.54, 1.807) is 30.5 Å². The summed E-state index contributed by atoms with van der Waals surface area (Å²) < 4.78 is 1.84. The van der Waals surface area contributed by atoms with E-state index in [0.29, 0.717) is 5.56 Å². The van der Waals surface area contributed by atoms with E-state index in [-0.39, 0.29) is 24.2 Å². The van der Waals surface area contributed by atoms with Gasteiger partial charge in [0.05, 0.1) is 12.5 Å². The molecular formula is C15H17N3O2. The zero-order valence-electron chi connectivity index (χ0n) is 11.5. The van der Waals surface area contributed by atoms with Gasteiger partial charge in [-0.1, -0.05) is 30.3 Å². The van der Waals surface area contributed by atoms with E-state index in [9.17, 15) is 9.59 Å². The van der Waals surface area contributed by atoms with Crippen molar-refractivity contribution in [3.8, 4) is 0 Å². The Bertz CT molecular complexity index is 605. The van der Waals surface area contributed by atoms with E-state index in [1.165, 1.54) is 0 Å². The topological polar surface area (TPSA) is 64.0 Å². The lowest BCUT2D eigenvalue weighted by atomic mass is 10.1. The number of aryl methyl sites for hydroxylation is 1. The van der Waals surface area contributed by atoms with Crippen LogP contribution in [-0.2, 0) is 11.8 Å². The number of benzene rings is 1. The lowest BCUT2D eigenvalue weighted by Gasteiger charge is -2.13. The maximum absolute atomic E-state index is 11.9. The first-order chi connectivity index (χ1) is 9.58. The summed E-state index contributed by atoms with van der Waals surface area (Å²) in [6, 6.07) is 8.57. The van der Waals surface area contributed by atoms with E-state index in [4.69, 9.17) is 0 Å². The smallest absolute Gasteiger partial charge is 0.228 e. The molecule has 104 valence electrons. The van der Waals surface area contributed by atoms with Crippen LogP contribution < -0.4 is 5.32 Å². The fourth-order valence-corrected chi connectivity index (χ4v) is 2.02. The van der Waals surface area contributed by atoms with Crippen LogP contribution in [0.1, 0.15) is 35.6 Å². The van der Waals surface area contributed by atoms with Gasteiger partial charge in [0.25, 0.3) is 0 Å². The van der Waals surface area contributed by atoms with E-state index >= 15 is 0 Å². The molecule has 5 heteroatoms. The average Bonchev–Trinajstić information content (AvgIpc) is 2.86. The number of aromatic nitrogens is 2. The average molecular weight is 271 g/mol. The molecule has 0 aliphatic carbocycles. The molecule has 2 aromatic rings. The van der Waals surface area contributed by atoms with Crippen LogP contribution in [0.3, 0.4) is 0 Å². The molecule has 1 heterocycles. The number of hydrogen-bond acceptors (Lipinski definition) is 3. The zero-order valence-corrected chi connectivity index (χ0v) is 11.5. The summed E-state index contributed by atoms with van der Waals surface area (Å²) in [5.74, 6) is 0.273. The first-order valence-corrected chi connectivity index (χ1v) is 6.42. The van der Waals surface area contributed by atoms with Crippen molar-refractivity contribution in [2.75, 3.05) is 0 Å². The lowest BCUT2D eigenvalue weighted by Crippen LogP contribution is -2.30. The third-order valence-electron chi connectivity index (χ3n) is 3.04. The van der Waals surface area contributed by atoms with Crippen LogP contribution in [0.4, 0.5) is 0 Å². The monoisotopic (exact) mass is 271 g/mol. The quantitative estimate of drug-likeness (QED) is 0.667. The number of imidazole rings is 1. The van der Waals surface area contributed by atoms with Crippen molar-refractivity contribution in [3.63, 3.8) is 0 Å². The van der Waals surface area contributed by atoms with Gasteiger partial charge in [0.15, 0.2) is 5.78 Å². The van der Waals surface area contributed by atoms with Gasteiger partial charge in [-0.15, -0.1) is 0 Å². The highest BCUT2D eigenvalue weighted by Gasteiger charge is 2.16. The van der Waals surface area contributed by atoms with Crippen molar-refractivity contribution >= 4 is 11.7 Å². The van der Waals surface area contributed by atoms with E-state index in [2.05, 4.69) is 10.3 Å². The first-order valence-electron chi connectivity index (χ1n) is 6.42. The summed E-state index contributed by atoms with van der Waals surface area (Å²) in [5, 5.41) is 2.78. The molecule has 2 rings (SSSR count). The highest BCUT2D eigenvalue weighted by atomic mass is 16.2. The van der Waals surface area contributed by atoms with Crippen LogP contribution >= 0.6 is 0 Å². The normalized spacial score (nSPS) is 11.9. The Morgan fingerprint density at radius 1 is 1.30 bits per heavy atom. The van der Waals surface area contributed by atoms with E-state index in [1.807, 2.05) is 30.8 Å². The number of hydrogen-bond donors (Lipinski definition) is 1.